The van der Waals surface area contributed by atoms with E-state index in [0.29, 0.717) is 24.1 Å². The number of halogens is 1. The smallest absolute Gasteiger partial charge is 0.255 e. The Balaban J connectivity index is 1.47. The van der Waals surface area contributed by atoms with Crippen molar-refractivity contribution in [3.8, 4) is 0 Å². The molecule has 0 aliphatic carbocycles. The monoisotopic (exact) mass is 369 g/mol. The van der Waals surface area contributed by atoms with Gasteiger partial charge in [-0.3, -0.25) is 9.69 Å². The molecule has 0 unspecified atom stereocenters. The van der Waals surface area contributed by atoms with E-state index in [4.69, 9.17) is 4.74 Å². The Morgan fingerprint density at radius 1 is 1.22 bits per heavy atom. The van der Waals surface area contributed by atoms with Gasteiger partial charge in [0.15, 0.2) is 0 Å². The van der Waals surface area contributed by atoms with E-state index in [-0.39, 0.29) is 17.4 Å². The molecular formula is C21H24FN3O2. The molecule has 2 aromatic rings. The number of amides is 1. The molecule has 1 saturated heterocycles. The summed E-state index contributed by atoms with van der Waals surface area (Å²) in [5.41, 5.74) is 3.53. The zero-order valence-electron chi connectivity index (χ0n) is 15.3. The van der Waals surface area contributed by atoms with Crippen LogP contribution in [-0.2, 0) is 24.2 Å². The minimum absolute atomic E-state index is 0.249. The molecule has 142 valence electrons. The van der Waals surface area contributed by atoms with Gasteiger partial charge in [0.25, 0.3) is 5.91 Å². The molecule has 5 nitrogen and oxygen atoms in total. The molecule has 27 heavy (non-hydrogen) atoms. The fourth-order valence-electron chi connectivity index (χ4n) is 3.65. The lowest BCUT2D eigenvalue weighted by Gasteiger charge is -2.26. The van der Waals surface area contributed by atoms with Gasteiger partial charge in [0.1, 0.15) is 5.82 Å². The molecule has 0 spiro atoms. The third-order valence-corrected chi connectivity index (χ3v) is 5.15. The van der Waals surface area contributed by atoms with Crippen LogP contribution in [-0.4, -0.2) is 43.7 Å². The number of hydrogen-bond donors (Lipinski definition) is 2. The van der Waals surface area contributed by atoms with Gasteiger partial charge in [-0.15, -0.1) is 0 Å². The molecule has 2 heterocycles. The van der Waals surface area contributed by atoms with Crippen molar-refractivity contribution in [2.24, 2.45) is 0 Å². The van der Waals surface area contributed by atoms with Gasteiger partial charge in [0.05, 0.1) is 18.9 Å². The van der Waals surface area contributed by atoms with Gasteiger partial charge in [-0.05, 0) is 47.9 Å². The average Bonchev–Trinajstić information content (AvgIpc) is 2.71. The Hall–Kier alpha value is -2.28. The van der Waals surface area contributed by atoms with Crippen LogP contribution in [0.4, 0.5) is 10.1 Å². The summed E-state index contributed by atoms with van der Waals surface area (Å²) in [6.07, 6.45) is 0.639. The number of benzene rings is 2. The van der Waals surface area contributed by atoms with E-state index >= 15 is 0 Å². The van der Waals surface area contributed by atoms with Crippen LogP contribution < -0.4 is 10.6 Å². The lowest BCUT2D eigenvalue weighted by Crippen LogP contribution is -2.35. The molecule has 0 saturated carbocycles. The number of ether oxygens (including phenoxy) is 1. The highest BCUT2D eigenvalue weighted by Gasteiger charge is 2.18. The Labute approximate surface area is 158 Å². The molecule has 0 bridgehead atoms. The average molecular weight is 369 g/mol. The maximum atomic E-state index is 14.8. The van der Waals surface area contributed by atoms with Crippen LogP contribution in [0.3, 0.4) is 0 Å². The second kappa shape index (κ2) is 8.17. The van der Waals surface area contributed by atoms with Crippen LogP contribution in [0.5, 0.6) is 0 Å². The number of morpholine rings is 1. The molecule has 1 amide bonds. The minimum Gasteiger partial charge on any atom is -0.379 e. The molecule has 0 atom stereocenters. The number of anilines is 1. The Morgan fingerprint density at radius 3 is 2.93 bits per heavy atom. The topological polar surface area (TPSA) is 53.6 Å². The highest BCUT2D eigenvalue weighted by molar-refractivity contribution is 6.04. The second-order valence-corrected chi connectivity index (χ2v) is 7.03. The highest BCUT2D eigenvalue weighted by Crippen LogP contribution is 2.25. The first kappa shape index (κ1) is 18.1. The molecule has 2 aliphatic rings. The Bertz CT molecular complexity index is 834. The van der Waals surface area contributed by atoms with Crippen LogP contribution in [0.2, 0.25) is 0 Å². The van der Waals surface area contributed by atoms with E-state index < -0.39 is 0 Å². The zero-order chi connectivity index (χ0) is 18.6. The minimum atomic E-state index is -0.313. The van der Waals surface area contributed by atoms with E-state index in [1.165, 1.54) is 0 Å². The van der Waals surface area contributed by atoms with E-state index in [1.54, 1.807) is 12.1 Å². The van der Waals surface area contributed by atoms with Crippen LogP contribution in [0.25, 0.3) is 0 Å². The van der Waals surface area contributed by atoms with Crippen LogP contribution in [0.1, 0.15) is 27.0 Å². The standard InChI is InChI=1S/C21H24FN3O2/c22-20-18-6-7-23-13-17(18)4-5-19(20)24-21(26)16-3-1-2-15(12-16)14-25-8-10-27-11-9-25/h1-5,12,23H,6-11,13-14H2,(H,24,26). The highest BCUT2D eigenvalue weighted by atomic mass is 19.1. The van der Waals surface area contributed by atoms with E-state index in [0.717, 1.165) is 50.5 Å². The first-order valence-electron chi connectivity index (χ1n) is 9.42. The second-order valence-electron chi connectivity index (χ2n) is 7.03. The fourth-order valence-corrected chi connectivity index (χ4v) is 3.65. The molecule has 2 aromatic carbocycles. The lowest BCUT2D eigenvalue weighted by molar-refractivity contribution is 0.0342. The quantitative estimate of drug-likeness (QED) is 0.870. The van der Waals surface area contributed by atoms with Crippen molar-refractivity contribution in [3.05, 3.63) is 64.5 Å². The van der Waals surface area contributed by atoms with Crippen molar-refractivity contribution in [1.82, 2.24) is 10.2 Å². The van der Waals surface area contributed by atoms with E-state index in [9.17, 15) is 9.18 Å². The van der Waals surface area contributed by atoms with Gasteiger partial charge < -0.3 is 15.4 Å². The molecule has 0 aromatic heterocycles. The third-order valence-electron chi connectivity index (χ3n) is 5.15. The van der Waals surface area contributed by atoms with E-state index in [2.05, 4.69) is 15.5 Å². The summed E-state index contributed by atoms with van der Waals surface area (Å²) in [5.74, 6) is -0.599. The van der Waals surface area contributed by atoms with Gasteiger partial charge in [-0.2, -0.15) is 0 Å². The van der Waals surface area contributed by atoms with Gasteiger partial charge in [-0.25, -0.2) is 4.39 Å². The molecule has 1 fully saturated rings. The summed E-state index contributed by atoms with van der Waals surface area (Å²) in [6, 6.07) is 11.1. The van der Waals surface area contributed by atoms with Crippen molar-refractivity contribution in [3.63, 3.8) is 0 Å². The first-order chi connectivity index (χ1) is 13.2. The van der Waals surface area contributed by atoms with Gasteiger partial charge in [-0.1, -0.05) is 18.2 Å². The predicted molar refractivity (Wildman–Crippen MR) is 102 cm³/mol. The Kier molecular flexibility index (Phi) is 5.48. The normalized spacial score (nSPS) is 17.4. The molecule has 0 radical (unpaired) electrons. The first-order valence-corrected chi connectivity index (χ1v) is 9.42. The number of rotatable bonds is 4. The number of hydrogen-bond acceptors (Lipinski definition) is 4. The maximum Gasteiger partial charge on any atom is 0.255 e. The number of nitrogens with one attached hydrogen (secondary N) is 2. The SMILES string of the molecule is O=C(Nc1ccc2c(c1F)CCNC2)c1cccc(CN2CCOCC2)c1. The summed E-state index contributed by atoms with van der Waals surface area (Å²) in [5, 5.41) is 5.97. The summed E-state index contributed by atoms with van der Waals surface area (Å²) in [7, 11) is 0. The van der Waals surface area contributed by atoms with Gasteiger partial charge in [0, 0.05) is 31.7 Å². The van der Waals surface area contributed by atoms with Crippen molar-refractivity contribution in [2.75, 3.05) is 38.2 Å². The predicted octanol–water partition coefficient (Wildman–Crippen LogP) is 2.56. The van der Waals surface area contributed by atoms with Crippen LogP contribution in [0.15, 0.2) is 36.4 Å². The summed E-state index contributed by atoms with van der Waals surface area (Å²) in [6.45, 7) is 5.48. The van der Waals surface area contributed by atoms with Crippen LogP contribution in [0, 0.1) is 5.82 Å². The Morgan fingerprint density at radius 2 is 2.07 bits per heavy atom. The summed E-state index contributed by atoms with van der Waals surface area (Å²) in [4.78, 5) is 15.0. The van der Waals surface area contributed by atoms with Gasteiger partial charge in [0.2, 0.25) is 0 Å². The summed E-state index contributed by atoms with van der Waals surface area (Å²) < 4.78 is 20.1. The van der Waals surface area contributed by atoms with Crippen molar-refractivity contribution in [2.45, 2.75) is 19.5 Å². The molecule has 2 N–H and O–H groups in total. The molecule has 2 aliphatic heterocycles. The zero-order valence-corrected chi connectivity index (χ0v) is 15.3. The number of carbonyl (C=O) groups is 1. The van der Waals surface area contributed by atoms with Crippen molar-refractivity contribution < 1.29 is 13.9 Å². The molecular weight excluding hydrogens is 345 g/mol. The largest absolute Gasteiger partial charge is 0.379 e. The molecule has 4 rings (SSSR count). The van der Waals surface area contributed by atoms with Crippen molar-refractivity contribution >= 4 is 11.6 Å². The number of nitrogens with zero attached hydrogens (tertiary/aromatic N) is 1. The fraction of sp³-hybridized carbons (Fsp3) is 0.381. The summed E-state index contributed by atoms with van der Waals surface area (Å²) >= 11 is 0. The lowest BCUT2D eigenvalue weighted by atomic mass is 9.99. The van der Waals surface area contributed by atoms with Crippen LogP contribution >= 0.6 is 0 Å². The maximum absolute atomic E-state index is 14.8. The molecule has 6 heteroatoms. The van der Waals surface area contributed by atoms with E-state index in [1.807, 2.05) is 24.3 Å². The van der Waals surface area contributed by atoms with Crippen molar-refractivity contribution in [1.29, 1.82) is 0 Å². The number of fused-ring (bicyclic) bond motifs is 1. The van der Waals surface area contributed by atoms with Gasteiger partial charge >= 0.3 is 0 Å². The third kappa shape index (κ3) is 4.18. The number of carbonyl (C=O) groups excluding carboxylic acids is 1.